The Morgan fingerprint density at radius 2 is 0.738 bits per heavy atom. The van der Waals surface area contributed by atoms with Crippen molar-refractivity contribution in [1.29, 1.82) is 0 Å². The Bertz CT molecular complexity index is 1560. The third kappa shape index (κ3) is 4.89. The maximum Gasteiger partial charge on any atom is 0.338 e. The smallest absolute Gasteiger partial charge is 0.338 e. The minimum Gasteiger partial charge on any atom is -0.465 e. The van der Waals surface area contributed by atoms with Gasteiger partial charge < -0.3 is 9.47 Å². The quantitative estimate of drug-likeness (QED) is 0.232. The maximum absolute atomic E-state index is 13.7. The van der Waals surface area contributed by atoms with Crippen molar-refractivity contribution in [2.24, 2.45) is 0 Å². The number of carbonyl (C=O) groups excluding carboxylic acids is 2. The van der Waals surface area contributed by atoms with Crippen molar-refractivity contribution >= 4 is 11.9 Å². The Labute approximate surface area is 252 Å². The molecule has 0 aromatic carbocycles. The molecule has 42 heavy (non-hydrogen) atoms. The molecule has 0 bridgehead atoms. The van der Waals surface area contributed by atoms with Crippen LogP contribution in [0.2, 0.25) is 0 Å². The summed E-state index contributed by atoms with van der Waals surface area (Å²) in [5.41, 5.74) is 14.7. The Morgan fingerprint density at radius 1 is 0.476 bits per heavy atom. The molecule has 222 valence electrons. The number of carbonyl (C=O) groups is 2. The number of hydrogen-bond donors (Lipinski definition) is 0. The van der Waals surface area contributed by atoms with Crippen LogP contribution in [0.3, 0.4) is 0 Å². The van der Waals surface area contributed by atoms with Crippen LogP contribution in [0, 0.1) is 41.5 Å². The highest BCUT2D eigenvalue weighted by molar-refractivity contribution is 6.17. The zero-order valence-corrected chi connectivity index (χ0v) is 27.9. The van der Waals surface area contributed by atoms with E-state index in [-0.39, 0.29) is 10.8 Å². The first kappa shape index (κ1) is 31.3. The van der Waals surface area contributed by atoms with Crippen LogP contribution in [-0.2, 0) is 20.3 Å². The second-order valence-corrected chi connectivity index (χ2v) is 14.0. The van der Waals surface area contributed by atoms with Gasteiger partial charge in [0.15, 0.2) is 0 Å². The molecule has 0 saturated carbocycles. The van der Waals surface area contributed by atoms with Gasteiger partial charge in [-0.2, -0.15) is 0 Å². The lowest BCUT2D eigenvalue weighted by Gasteiger charge is -2.18. The normalized spacial score (nSPS) is 12.2. The summed E-state index contributed by atoms with van der Waals surface area (Å²) < 4.78 is 10.8. The number of aryl methyl sites for hydroxylation is 4. The fourth-order valence-corrected chi connectivity index (χ4v) is 6.66. The molecule has 4 rings (SSSR count). The van der Waals surface area contributed by atoms with Gasteiger partial charge in [0.2, 0.25) is 0 Å². The van der Waals surface area contributed by atoms with Gasteiger partial charge in [-0.15, -0.1) is 0 Å². The first-order valence-electron chi connectivity index (χ1n) is 14.7. The maximum atomic E-state index is 13.7. The lowest BCUT2D eigenvalue weighted by Crippen LogP contribution is -2.10. The second-order valence-electron chi connectivity index (χ2n) is 14.0. The SMILES string of the molecule is COC(=O)c1c(C)c2c(C)cc(C(C)(C)C)cc(C)c-2c1-c1c(C(=O)OC)c(C)c2c(C)cc(C(C)(C)C)cc(C)c1-2. The summed E-state index contributed by atoms with van der Waals surface area (Å²) in [5.74, 6) is -0.826. The van der Waals surface area contributed by atoms with Gasteiger partial charge in [0, 0.05) is 11.1 Å². The molecule has 4 heteroatoms. The van der Waals surface area contributed by atoms with Crippen LogP contribution >= 0.6 is 0 Å². The van der Waals surface area contributed by atoms with E-state index >= 15 is 0 Å². The summed E-state index contributed by atoms with van der Waals surface area (Å²) in [5, 5.41) is 0. The van der Waals surface area contributed by atoms with Crippen molar-refractivity contribution in [3.63, 3.8) is 0 Å². The fourth-order valence-electron chi connectivity index (χ4n) is 6.66. The van der Waals surface area contributed by atoms with Crippen LogP contribution in [-0.4, -0.2) is 26.2 Å². The molecule has 0 aromatic heterocycles. The van der Waals surface area contributed by atoms with Gasteiger partial charge in [-0.05, 0) is 119 Å². The van der Waals surface area contributed by atoms with Gasteiger partial charge >= 0.3 is 11.9 Å². The van der Waals surface area contributed by atoms with E-state index in [4.69, 9.17) is 9.47 Å². The summed E-state index contributed by atoms with van der Waals surface area (Å²) in [4.78, 5) is 27.4. The number of methoxy groups -OCH3 is 2. The van der Waals surface area contributed by atoms with Crippen LogP contribution in [0.25, 0.3) is 33.4 Å². The van der Waals surface area contributed by atoms with Gasteiger partial charge in [-0.3, -0.25) is 0 Å². The lowest BCUT2D eigenvalue weighted by atomic mass is 9.86. The zero-order chi connectivity index (χ0) is 31.6. The average molecular weight is 567 g/mol. The highest BCUT2D eigenvalue weighted by Gasteiger charge is 2.37. The van der Waals surface area contributed by atoms with Gasteiger partial charge in [-0.25, -0.2) is 9.59 Å². The molecule has 4 aliphatic rings. The zero-order valence-electron chi connectivity index (χ0n) is 27.9. The average Bonchev–Trinajstić information content (AvgIpc) is 3.25. The molecule has 0 aromatic rings. The molecule has 0 aliphatic heterocycles. The standard InChI is InChI=1S/C38H46O4/c1-19-15-25(37(7,8)9)17-21(3)29-27(19)23(5)31(35(39)41-13)33(29)34-30-22(4)18-26(38(10,11)12)16-20(2)28(30)24(6)32(34)36(40)42-14/h15-18H,1-14H3. The largest absolute Gasteiger partial charge is 0.465 e. The van der Waals surface area contributed by atoms with Crippen LogP contribution in [0.5, 0.6) is 0 Å². The Kier molecular flexibility index (Phi) is 7.86. The number of fused-ring (bicyclic) bond motifs is 2. The molecule has 0 saturated heterocycles. The van der Waals surface area contributed by atoms with Crippen molar-refractivity contribution < 1.29 is 19.1 Å². The lowest BCUT2D eigenvalue weighted by molar-refractivity contribution is 0.0590. The number of esters is 2. The molecule has 0 atom stereocenters. The van der Waals surface area contributed by atoms with Crippen LogP contribution in [0.4, 0.5) is 0 Å². The second kappa shape index (κ2) is 10.6. The highest BCUT2D eigenvalue weighted by atomic mass is 16.5. The van der Waals surface area contributed by atoms with Crippen molar-refractivity contribution in [2.45, 2.75) is 93.9 Å². The minimum atomic E-state index is -0.413. The third-order valence-corrected chi connectivity index (χ3v) is 8.83. The summed E-state index contributed by atoms with van der Waals surface area (Å²) in [6, 6.07) is 8.91. The Balaban J connectivity index is 2.39. The van der Waals surface area contributed by atoms with Gasteiger partial charge in [0.05, 0.1) is 25.3 Å². The molecule has 0 radical (unpaired) electrons. The molecule has 0 fully saturated rings. The molecule has 0 spiro atoms. The summed E-state index contributed by atoms with van der Waals surface area (Å²) in [7, 11) is 2.84. The first-order valence-corrected chi connectivity index (χ1v) is 14.7. The van der Waals surface area contributed by atoms with E-state index in [0.717, 1.165) is 66.8 Å². The summed E-state index contributed by atoms with van der Waals surface area (Å²) >= 11 is 0. The van der Waals surface area contributed by atoms with E-state index < -0.39 is 11.9 Å². The van der Waals surface area contributed by atoms with Gasteiger partial charge in [-0.1, -0.05) is 65.8 Å². The molecule has 0 amide bonds. The fraction of sp³-hybridized carbons (Fsp3) is 0.421. The molecule has 4 aliphatic carbocycles. The first-order chi connectivity index (χ1) is 19.4. The predicted molar refractivity (Wildman–Crippen MR) is 174 cm³/mol. The van der Waals surface area contributed by atoms with Gasteiger partial charge in [0.25, 0.3) is 0 Å². The van der Waals surface area contributed by atoms with Crippen LogP contribution in [0.1, 0.15) is 107 Å². The predicted octanol–water partition coefficient (Wildman–Crippen LogP) is 9.58. The van der Waals surface area contributed by atoms with Crippen molar-refractivity contribution in [3.05, 3.63) is 79.9 Å². The van der Waals surface area contributed by atoms with E-state index in [1.165, 1.54) is 25.3 Å². The summed E-state index contributed by atoms with van der Waals surface area (Å²) in [6.07, 6.45) is 0. The summed E-state index contributed by atoms with van der Waals surface area (Å²) in [6.45, 7) is 25.7. The third-order valence-electron chi connectivity index (χ3n) is 8.83. The van der Waals surface area contributed by atoms with Crippen molar-refractivity contribution in [1.82, 2.24) is 0 Å². The van der Waals surface area contributed by atoms with Gasteiger partial charge in [0.1, 0.15) is 0 Å². The van der Waals surface area contributed by atoms with Crippen LogP contribution in [0.15, 0.2) is 24.3 Å². The van der Waals surface area contributed by atoms with Crippen molar-refractivity contribution in [3.8, 4) is 33.4 Å². The molecule has 0 unspecified atom stereocenters. The topological polar surface area (TPSA) is 52.6 Å². The van der Waals surface area contributed by atoms with E-state index in [0.29, 0.717) is 11.1 Å². The number of rotatable bonds is 3. The Hall–Kier alpha value is -3.66. The van der Waals surface area contributed by atoms with E-state index in [2.05, 4.69) is 93.5 Å². The van der Waals surface area contributed by atoms with E-state index in [1.54, 1.807) is 0 Å². The molecular formula is C38H46O4. The van der Waals surface area contributed by atoms with Crippen LogP contribution < -0.4 is 0 Å². The molecule has 0 heterocycles. The number of ether oxygens (including phenoxy) is 2. The minimum absolute atomic E-state index is 0.0726. The highest BCUT2D eigenvalue weighted by Crippen LogP contribution is 2.54. The van der Waals surface area contributed by atoms with E-state index in [1.807, 2.05) is 13.8 Å². The Morgan fingerprint density at radius 3 is 0.976 bits per heavy atom. The molecule has 0 N–H and O–H groups in total. The van der Waals surface area contributed by atoms with Crippen molar-refractivity contribution in [2.75, 3.05) is 14.2 Å². The van der Waals surface area contributed by atoms with E-state index in [9.17, 15) is 9.59 Å². The molecular weight excluding hydrogens is 520 g/mol. The molecule has 4 nitrogen and oxygen atoms in total. The number of hydrogen-bond acceptors (Lipinski definition) is 4. The monoisotopic (exact) mass is 566 g/mol.